The number of quaternary nitrogens is 2. The van der Waals surface area contributed by atoms with Crippen molar-refractivity contribution in [3.8, 4) is 0 Å². The Morgan fingerprint density at radius 2 is 0.526 bits per heavy atom. The molecule has 0 aliphatic heterocycles. The first-order valence-corrected chi connectivity index (χ1v) is 16.5. The Morgan fingerprint density at radius 1 is 0.316 bits per heavy atom. The number of nitrogens with zero attached hydrogens (tertiary/aromatic N) is 2. The molecule has 0 unspecified atom stereocenters. The fourth-order valence-corrected chi connectivity index (χ4v) is 6.68. The molecule has 0 aromatic carbocycles. The van der Waals surface area contributed by atoms with Crippen molar-refractivity contribution in [2.24, 2.45) is 0 Å². The second-order valence-corrected chi connectivity index (χ2v) is 11.9. The summed E-state index contributed by atoms with van der Waals surface area (Å²) in [5.41, 5.74) is 0. The lowest BCUT2D eigenvalue weighted by molar-refractivity contribution is -0.928. The highest BCUT2D eigenvalue weighted by Gasteiger charge is 2.25. The van der Waals surface area contributed by atoms with Crippen LogP contribution in [0.25, 0.3) is 0 Å². The third-order valence-electron chi connectivity index (χ3n) is 8.46. The molecule has 0 radical (unpaired) electrons. The third kappa shape index (κ3) is 22.5. The molecule has 0 heterocycles. The molecule has 0 bridgehead atoms. The highest BCUT2D eigenvalue weighted by molar-refractivity contribution is 4.52. The number of aliphatic hydroxyl groups excluding tert-OH is 2. The van der Waals surface area contributed by atoms with Gasteiger partial charge < -0.3 is 53.1 Å². The molecule has 0 aromatic heterocycles. The van der Waals surface area contributed by atoms with E-state index in [4.69, 9.17) is 0 Å². The summed E-state index contributed by atoms with van der Waals surface area (Å²) in [6.07, 6.45) is 24.5. The van der Waals surface area contributed by atoms with Crippen LogP contribution in [0.3, 0.4) is 0 Å². The zero-order valence-electron chi connectivity index (χ0n) is 26.3. The molecule has 0 aromatic rings. The molecular weight excluding hydrogens is 604 g/mol. The van der Waals surface area contributed by atoms with Crippen LogP contribution in [-0.4, -0.2) is 84.8 Å². The molecule has 0 aliphatic carbocycles. The second kappa shape index (κ2) is 30.8. The predicted molar refractivity (Wildman–Crippen MR) is 159 cm³/mol. The molecule has 6 heteroatoms. The molecule has 38 heavy (non-hydrogen) atoms. The van der Waals surface area contributed by atoms with E-state index in [1.807, 2.05) is 0 Å². The first kappa shape index (κ1) is 43.3. The van der Waals surface area contributed by atoms with E-state index in [9.17, 15) is 10.2 Å². The third-order valence-corrected chi connectivity index (χ3v) is 8.46. The van der Waals surface area contributed by atoms with Crippen LogP contribution in [0.5, 0.6) is 0 Å². The van der Waals surface area contributed by atoms with Crippen molar-refractivity contribution >= 4 is 0 Å². The van der Waals surface area contributed by atoms with E-state index in [1.54, 1.807) is 0 Å². The van der Waals surface area contributed by atoms with Crippen molar-refractivity contribution in [3.63, 3.8) is 0 Å². The Balaban J connectivity index is -0.00000612. The van der Waals surface area contributed by atoms with E-state index < -0.39 is 0 Å². The zero-order chi connectivity index (χ0) is 26.8. The maximum absolute atomic E-state index is 9.53. The van der Waals surface area contributed by atoms with Crippen LogP contribution < -0.4 is 34.0 Å². The van der Waals surface area contributed by atoms with Gasteiger partial charge in [-0.3, -0.25) is 0 Å². The summed E-state index contributed by atoms with van der Waals surface area (Å²) in [6, 6.07) is 0. The zero-order valence-corrected chi connectivity index (χ0v) is 29.5. The molecule has 0 aliphatic rings. The standard InChI is InChI=1S/C32H70N2O2.2BrH/c1-5-23-33(24-6-2,29-31-35)27-21-19-17-15-13-11-9-10-12-14-16-18-20-22-28-34(25-7-3,26-8-4)30-32-36;;/h35-36H,5-32H2,1-4H3;2*1H/q+2;;/p-2. The van der Waals surface area contributed by atoms with Gasteiger partial charge >= 0.3 is 0 Å². The second-order valence-electron chi connectivity index (χ2n) is 11.9. The number of unbranched alkanes of at least 4 members (excludes halogenated alkanes) is 13. The molecule has 234 valence electrons. The summed E-state index contributed by atoms with van der Waals surface area (Å²) in [5.74, 6) is 0. The van der Waals surface area contributed by atoms with Gasteiger partial charge in [0.15, 0.2) is 0 Å². The lowest BCUT2D eigenvalue weighted by Crippen LogP contribution is -3.00. The largest absolute Gasteiger partial charge is 1.00 e. The topological polar surface area (TPSA) is 40.5 Å². The molecule has 0 rings (SSSR count). The number of hydrogen-bond donors (Lipinski definition) is 2. The lowest BCUT2D eigenvalue weighted by Gasteiger charge is -2.38. The van der Waals surface area contributed by atoms with Gasteiger partial charge in [0.25, 0.3) is 0 Å². The first-order valence-electron chi connectivity index (χ1n) is 16.5. The van der Waals surface area contributed by atoms with Crippen molar-refractivity contribution in [3.05, 3.63) is 0 Å². The average molecular weight is 675 g/mol. The molecule has 0 fully saturated rings. The van der Waals surface area contributed by atoms with E-state index in [1.165, 1.54) is 155 Å². The lowest BCUT2D eigenvalue weighted by atomic mass is 10.0. The number of halogens is 2. The summed E-state index contributed by atoms with van der Waals surface area (Å²) in [6.45, 7) is 19.2. The minimum absolute atomic E-state index is 0. The van der Waals surface area contributed by atoms with Gasteiger partial charge in [0.05, 0.1) is 52.5 Å². The summed E-state index contributed by atoms with van der Waals surface area (Å²) < 4.78 is 2.29. The fourth-order valence-electron chi connectivity index (χ4n) is 6.68. The average Bonchev–Trinajstić information content (AvgIpc) is 2.85. The first-order chi connectivity index (χ1) is 17.6. The van der Waals surface area contributed by atoms with Crippen LogP contribution in [-0.2, 0) is 0 Å². The minimum atomic E-state index is 0. The number of rotatable bonds is 29. The Morgan fingerprint density at radius 3 is 0.711 bits per heavy atom. The molecule has 0 saturated heterocycles. The molecule has 0 saturated carbocycles. The number of aliphatic hydroxyl groups is 2. The van der Waals surface area contributed by atoms with Gasteiger partial charge in [-0.1, -0.05) is 91.9 Å². The molecule has 2 N–H and O–H groups in total. The van der Waals surface area contributed by atoms with Crippen LogP contribution >= 0.6 is 0 Å². The van der Waals surface area contributed by atoms with Gasteiger partial charge in [-0.25, -0.2) is 0 Å². The maximum atomic E-state index is 9.53. The van der Waals surface area contributed by atoms with E-state index in [0.29, 0.717) is 13.2 Å². The summed E-state index contributed by atoms with van der Waals surface area (Å²) >= 11 is 0. The Hall–Kier alpha value is 0.800. The van der Waals surface area contributed by atoms with Gasteiger partial charge in [0.2, 0.25) is 0 Å². The van der Waals surface area contributed by atoms with Gasteiger partial charge in [0, 0.05) is 0 Å². The maximum Gasteiger partial charge on any atom is 0.102 e. The molecule has 0 amide bonds. The Bertz CT molecular complexity index is 381. The summed E-state index contributed by atoms with van der Waals surface area (Å²) in [7, 11) is 0. The molecular formula is C32H70Br2N2O2. The highest BCUT2D eigenvalue weighted by Crippen LogP contribution is 2.17. The van der Waals surface area contributed by atoms with Gasteiger partial charge in [-0.05, 0) is 51.4 Å². The molecule has 4 nitrogen and oxygen atoms in total. The molecule has 0 atom stereocenters. The SMILES string of the molecule is CCC[N+](CCC)(CCO)CCCCCCCCCCCCCCCC[N+](CCC)(CCC)CCO.[Br-].[Br-]. The van der Waals surface area contributed by atoms with E-state index in [0.717, 1.165) is 22.1 Å². The normalized spacial score (nSPS) is 11.8. The van der Waals surface area contributed by atoms with Crippen LogP contribution in [0.15, 0.2) is 0 Å². The molecule has 0 spiro atoms. The van der Waals surface area contributed by atoms with Crippen molar-refractivity contribution in [2.75, 3.05) is 65.6 Å². The van der Waals surface area contributed by atoms with Gasteiger partial charge in [0.1, 0.15) is 13.1 Å². The smallest absolute Gasteiger partial charge is 0.102 e. The van der Waals surface area contributed by atoms with Crippen molar-refractivity contribution in [1.82, 2.24) is 0 Å². The Kier molecular flexibility index (Phi) is 35.0. The monoisotopic (exact) mass is 672 g/mol. The van der Waals surface area contributed by atoms with Gasteiger partial charge in [-0.15, -0.1) is 0 Å². The van der Waals surface area contributed by atoms with E-state index in [-0.39, 0.29) is 34.0 Å². The Labute approximate surface area is 261 Å². The summed E-state index contributed by atoms with van der Waals surface area (Å²) in [4.78, 5) is 0. The fraction of sp³-hybridized carbons (Fsp3) is 1.00. The van der Waals surface area contributed by atoms with Crippen LogP contribution in [0.1, 0.15) is 143 Å². The van der Waals surface area contributed by atoms with Crippen molar-refractivity contribution in [1.29, 1.82) is 0 Å². The van der Waals surface area contributed by atoms with Gasteiger partial charge in [-0.2, -0.15) is 0 Å². The quantitative estimate of drug-likeness (QED) is 0.0939. The highest BCUT2D eigenvalue weighted by atomic mass is 79.9. The summed E-state index contributed by atoms with van der Waals surface area (Å²) in [5, 5.41) is 19.1. The predicted octanol–water partition coefficient (Wildman–Crippen LogP) is 1.71. The van der Waals surface area contributed by atoms with Crippen molar-refractivity contribution in [2.45, 2.75) is 143 Å². The minimum Gasteiger partial charge on any atom is -1.00 e. The van der Waals surface area contributed by atoms with Crippen LogP contribution in [0, 0.1) is 0 Å². The number of hydrogen-bond acceptors (Lipinski definition) is 2. The van der Waals surface area contributed by atoms with Crippen molar-refractivity contribution < 1.29 is 53.1 Å². The van der Waals surface area contributed by atoms with E-state index >= 15 is 0 Å². The van der Waals surface area contributed by atoms with Crippen LogP contribution in [0.4, 0.5) is 0 Å². The van der Waals surface area contributed by atoms with E-state index in [2.05, 4.69) is 27.7 Å². The van der Waals surface area contributed by atoms with Crippen LogP contribution in [0.2, 0.25) is 0 Å².